The summed E-state index contributed by atoms with van der Waals surface area (Å²) in [4.78, 5) is 15.7. The second-order valence-electron chi connectivity index (χ2n) is 3.95. The van der Waals surface area contributed by atoms with Crippen LogP contribution in [-0.2, 0) is 0 Å². The molecule has 2 rings (SSSR count). The standard InChI is InChI=1S/C13H14N4O/c1-9-6-12(8-15-7-9)17-13(18)16-11-4-2-10(14)3-5-11/h2-8H,14H2,1H3,(H2,16,17,18). The maximum atomic E-state index is 11.7. The van der Waals surface area contributed by atoms with Gasteiger partial charge in [-0.25, -0.2) is 4.79 Å². The number of amides is 2. The predicted molar refractivity (Wildman–Crippen MR) is 72.5 cm³/mol. The highest BCUT2D eigenvalue weighted by atomic mass is 16.2. The molecule has 1 aromatic carbocycles. The lowest BCUT2D eigenvalue weighted by Crippen LogP contribution is -2.19. The first kappa shape index (κ1) is 11.9. The van der Waals surface area contributed by atoms with Crippen LogP contribution in [0.2, 0.25) is 0 Å². The highest BCUT2D eigenvalue weighted by Gasteiger charge is 2.02. The van der Waals surface area contributed by atoms with Crippen molar-refractivity contribution in [1.29, 1.82) is 0 Å². The number of aromatic nitrogens is 1. The number of carbonyl (C=O) groups excluding carboxylic acids is 1. The molecule has 2 amide bonds. The van der Waals surface area contributed by atoms with Crippen molar-refractivity contribution >= 4 is 23.1 Å². The minimum absolute atomic E-state index is 0.313. The molecule has 0 aliphatic heterocycles. The van der Waals surface area contributed by atoms with Crippen LogP contribution in [0.15, 0.2) is 42.7 Å². The molecule has 0 spiro atoms. The summed E-state index contributed by atoms with van der Waals surface area (Å²) in [5, 5.41) is 5.41. The summed E-state index contributed by atoms with van der Waals surface area (Å²) in [5.74, 6) is 0. The van der Waals surface area contributed by atoms with E-state index in [2.05, 4.69) is 15.6 Å². The maximum Gasteiger partial charge on any atom is 0.323 e. The number of nitrogens with zero attached hydrogens (tertiary/aromatic N) is 1. The molecule has 5 heteroatoms. The molecule has 4 N–H and O–H groups in total. The van der Waals surface area contributed by atoms with Crippen molar-refractivity contribution in [3.05, 3.63) is 48.3 Å². The van der Waals surface area contributed by atoms with Crippen molar-refractivity contribution in [3.8, 4) is 0 Å². The molecule has 92 valence electrons. The summed E-state index contributed by atoms with van der Waals surface area (Å²) in [7, 11) is 0. The van der Waals surface area contributed by atoms with Gasteiger partial charge in [-0.2, -0.15) is 0 Å². The van der Waals surface area contributed by atoms with Crippen LogP contribution in [0, 0.1) is 6.92 Å². The quantitative estimate of drug-likeness (QED) is 0.708. The highest BCUT2D eigenvalue weighted by Crippen LogP contribution is 2.12. The number of nitrogen functional groups attached to an aromatic ring is 1. The van der Waals surface area contributed by atoms with Gasteiger partial charge in [0.25, 0.3) is 0 Å². The largest absolute Gasteiger partial charge is 0.399 e. The number of hydrogen-bond donors (Lipinski definition) is 3. The molecule has 0 bridgehead atoms. The number of rotatable bonds is 2. The number of nitrogens with one attached hydrogen (secondary N) is 2. The molecule has 0 saturated heterocycles. The van der Waals surface area contributed by atoms with Crippen LogP contribution < -0.4 is 16.4 Å². The lowest BCUT2D eigenvalue weighted by Gasteiger charge is -2.07. The number of pyridine rings is 1. The molecule has 0 unspecified atom stereocenters. The number of anilines is 3. The van der Waals surface area contributed by atoms with Crippen LogP contribution in [0.1, 0.15) is 5.56 Å². The van der Waals surface area contributed by atoms with Crippen molar-refractivity contribution in [1.82, 2.24) is 4.98 Å². The smallest absolute Gasteiger partial charge is 0.323 e. The average Bonchev–Trinajstić information content (AvgIpc) is 2.32. The topological polar surface area (TPSA) is 80.0 Å². The number of urea groups is 1. The molecule has 0 saturated carbocycles. The average molecular weight is 242 g/mol. The molecular formula is C13H14N4O. The van der Waals surface area contributed by atoms with Gasteiger partial charge in [-0.1, -0.05) is 0 Å². The van der Waals surface area contributed by atoms with Gasteiger partial charge >= 0.3 is 6.03 Å². The Kier molecular flexibility index (Phi) is 3.43. The fourth-order valence-corrected chi connectivity index (χ4v) is 1.48. The van der Waals surface area contributed by atoms with Crippen molar-refractivity contribution in [2.75, 3.05) is 16.4 Å². The van der Waals surface area contributed by atoms with E-state index in [9.17, 15) is 4.79 Å². The Hall–Kier alpha value is -2.56. The number of nitrogens with two attached hydrogens (primary N) is 1. The van der Waals surface area contributed by atoms with Crippen LogP contribution in [0.5, 0.6) is 0 Å². The zero-order valence-corrected chi connectivity index (χ0v) is 9.97. The van der Waals surface area contributed by atoms with E-state index in [4.69, 9.17) is 5.73 Å². The van der Waals surface area contributed by atoms with E-state index in [1.54, 1.807) is 36.7 Å². The first-order valence-corrected chi connectivity index (χ1v) is 5.49. The molecule has 0 radical (unpaired) electrons. The van der Waals surface area contributed by atoms with Gasteiger partial charge in [-0.05, 0) is 42.8 Å². The van der Waals surface area contributed by atoms with Gasteiger partial charge < -0.3 is 16.4 Å². The third-order valence-electron chi connectivity index (χ3n) is 2.30. The van der Waals surface area contributed by atoms with Crippen LogP contribution >= 0.6 is 0 Å². The van der Waals surface area contributed by atoms with E-state index in [0.717, 1.165) is 5.56 Å². The number of benzene rings is 1. The lowest BCUT2D eigenvalue weighted by molar-refractivity contribution is 0.262. The van der Waals surface area contributed by atoms with Crippen LogP contribution in [0.25, 0.3) is 0 Å². The Bertz CT molecular complexity index is 551. The third-order valence-corrected chi connectivity index (χ3v) is 2.30. The summed E-state index contributed by atoms with van der Waals surface area (Å²) in [5.41, 5.74) is 8.54. The Morgan fingerprint density at radius 1 is 1.11 bits per heavy atom. The van der Waals surface area contributed by atoms with E-state index in [1.807, 2.05) is 13.0 Å². The minimum Gasteiger partial charge on any atom is -0.399 e. The van der Waals surface area contributed by atoms with E-state index in [1.165, 1.54) is 0 Å². The zero-order chi connectivity index (χ0) is 13.0. The Labute approximate surface area is 105 Å². The van der Waals surface area contributed by atoms with Gasteiger partial charge in [0, 0.05) is 17.6 Å². The van der Waals surface area contributed by atoms with Crippen LogP contribution in [0.4, 0.5) is 21.9 Å². The van der Waals surface area contributed by atoms with Gasteiger partial charge in [-0.3, -0.25) is 4.98 Å². The first-order chi connectivity index (χ1) is 8.63. The van der Waals surface area contributed by atoms with Gasteiger partial charge in [0.1, 0.15) is 0 Å². The number of carbonyl (C=O) groups is 1. The van der Waals surface area contributed by atoms with Crippen molar-refractivity contribution < 1.29 is 4.79 Å². The summed E-state index contributed by atoms with van der Waals surface area (Å²) in [6.07, 6.45) is 3.32. The van der Waals surface area contributed by atoms with Gasteiger partial charge in [0.2, 0.25) is 0 Å². The van der Waals surface area contributed by atoms with Gasteiger partial charge in [-0.15, -0.1) is 0 Å². The monoisotopic (exact) mass is 242 g/mol. The molecular weight excluding hydrogens is 228 g/mol. The molecule has 18 heavy (non-hydrogen) atoms. The Morgan fingerprint density at radius 2 is 1.78 bits per heavy atom. The van der Waals surface area contributed by atoms with Crippen molar-refractivity contribution in [3.63, 3.8) is 0 Å². The minimum atomic E-state index is -0.313. The lowest BCUT2D eigenvalue weighted by atomic mass is 10.3. The van der Waals surface area contributed by atoms with Crippen molar-refractivity contribution in [2.24, 2.45) is 0 Å². The third kappa shape index (κ3) is 3.21. The van der Waals surface area contributed by atoms with Gasteiger partial charge in [0.05, 0.1) is 11.9 Å². The first-order valence-electron chi connectivity index (χ1n) is 5.49. The van der Waals surface area contributed by atoms with Crippen LogP contribution in [-0.4, -0.2) is 11.0 Å². The SMILES string of the molecule is Cc1cncc(NC(=O)Nc2ccc(N)cc2)c1. The number of aryl methyl sites for hydroxylation is 1. The molecule has 5 nitrogen and oxygen atoms in total. The Balaban J connectivity index is 1.98. The van der Waals surface area contributed by atoms with Crippen molar-refractivity contribution in [2.45, 2.75) is 6.92 Å². The summed E-state index contributed by atoms with van der Waals surface area (Å²) in [6.45, 7) is 1.91. The molecule has 1 heterocycles. The molecule has 0 atom stereocenters. The predicted octanol–water partition coefficient (Wildman–Crippen LogP) is 2.62. The zero-order valence-electron chi connectivity index (χ0n) is 9.97. The normalized spacial score (nSPS) is 9.83. The summed E-state index contributed by atoms with van der Waals surface area (Å²) < 4.78 is 0. The summed E-state index contributed by atoms with van der Waals surface area (Å²) in [6, 6.07) is 8.46. The molecule has 2 aromatic rings. The fraction of sp³-hybridized carbons (Fsp3) is 0.0769. The Morgan fingerprint density at radius 3 is 2.44 bits per heavy atom. The maximum absolute atomic E-state index is 11.7. The summed E-state index contributed by atoms with van der Waals surface area (Å²) >= 11 is 0. The molecule has 1 aromatic heterocycles. The van der Waals surface area contributed by atoms with Gasteiger partial charge in [0.15, 0.2) is 0 Å². The molecule has 0 aliphatic carbocycles. The van der Waals surface area contributed by atoms with E-state index >= 15 is 0 Å². The molecule has 0 aliphatic rings. The second kappa shape index (κ2) is 5.18. The van der Waals surface area contributed by atoms with Crippen LogP contribution in [0.3, 0.4) is 0 Å². The number of hydrogen-bond acceptors (Lipinski definition) is 3. The fourth-order valence-electron chi connectivity index (χ4n) is 1.48. The van der Waals surface area contributed by atoms with E-state index in [0.29, 0.717) is 17.1 Å². The van der Waals surface area contributed by atoms with E-state index in [-0.39, 0.29) is 6.03 Å². The molecule has 0 fully saturated rings. The van der Waals surface area contributed by atoms with E-state index < -0.39 is 0 Å². The second-order valence-corrected chi connectivity index (χ2v) is 3.95. The highest BCUT2D eigenvalue weighted by molar-refractivity contribution is 5.99.